The largest absolute Gasteiger partial charge is 0.543 e. The first-order valence-electron chi connectivity index (χ1n) is 14.9. The molecule has 2 atom stereocenters. The third-order valence-electron chi connectivity index (χ3n) is 8.43. The van der Waals surface area contributed by atoms with Crippen LogP contribution in [0.25, 0.3) is 11.1 Å². The second-order valence-electron chi connectivity index (χ2n) is 14.0. The number of ether oxygens (including phenoxy) is 1. The quantitative estimate of drug-likeness (QED) is 0.272. The van der Waals surface area contributed by atoms with Crippen LogP contribution in [0.3, 0.4) is 0 Å². The van der Waals surface area contributed by atoms with Crippen molar-refractivity contribution in [2.45, 2.75) is 96.7 Å². The molecule has 226 valence electrons. The molecule has 3 aromatic rings. The summed E-state index contributed by atoms with van der Waals surface area (Å²) in [6.07, 6.45) is 1.03. The molecule has 5 nitrogen and oxygen atoms in total. The third kappa shape index (κ3) is 7.97. The summed E-state index contributed by atoms with van der Waals surface area (Å²) in [6.45, 7) is 17.0. The second kappa shape index (κ2) is 12.4. The average Bonchev–Trinajstić information content (AvgIpc) is 2.89. The molecule has 0 radical (unpaired) electrons. The van der Waals surface area contributed by atoms with Crippen LogP contribution in [0.2, 0.25) is 23.2 Å². The molecule has 1 aliphatic rings. The van der Waals surface area contributed by atoms with E-state index in [1.807, 2.05) is 39.0 Å². The smallest absolute Gasteiger partial charge is 0.410 e. The number of carbonyl (C=O) groups excluding carboxylic acids is 1. The Bertz CT molecular complexity index is 1410. The Balaban J connectivity index is 1.59. The van der Waals surface area contributed by atoms with Crippen molar-refractivity contribution in [2.75, 3.05) is 6.54 Å². The van der Waals surface area contributed by atoms with E-state index < -0.39 is 26.1 Å². The van der Waals surface area contributed by atoms with Crippen molar-refractivity contribution in [1.29, 1.82) is 0 Å². The minimum Gasteiger partial charge on any atom is -0.543 e. The summed E-state index contributed by atoms with van der Waals surface area (Å²) in [5.41, 5.74) is 4.77. The fourth-order valence-corrected chi connectivity index (χ4v) is 6.29. The van der Waals surface area contributed by atoms with Crippen molar-refractivity contribution in [3.63, 3.8) is 0 Å². The van der Waals surface area contributed by atoms with Crippen LogP contribution in [-0.4, -0.2) is 42.6 Å². The number of aliphatic hydroxyl groups is 1. The van der Waals surface area contributed by atoms with Gasteiger partial charge in [-0.3, -0.25) is 0 Å². The van der Waals surface area contributed by atoms with Gasteiger partial charge in [-0.15, -0.1) is 0 Å². The molecule has 1 aliphatic carbocycles. The predicted octanol–water partition coefficient (Wildman–Crippen LogP) is 9.22. The number of halogens is 1. The number of aryl methyl sites for hydroxylation is 1. The zero-order chi connectivity index (χ0) is 30.9. The number of nitrogens with zero attached hydrogens (tertiary/aromatic N) is 1. The number of fused-ring (bicyclic) bond motifs is 1. The van der Waals surface area contributed by atoms with E-state index in [0.29, 0.717) is 17.0 Å². The van der Waals surface area contributed by atoms with E-state index in [1.165, 1.54) is 11.1 Å². The zero-order valence-corrected chi connectivity index (χ0v) is 28.1. The number of hydrogen-bond acceptors (Lipinski definition) is 4. The van der Waals surface area contributed by atoms with Gasteiger partial charge in [0, 0.05) is 11.1 Å². The fourth-order valence-electron chi connectivity index (χ4n) is 5.07. The number of hydrogen-bond donors (Lipinski definition) is 1. The Morgan fingerprint density at radius 1 is 0.976 bits per heavy atom. The summed E-state index contributed by atoms with van der Waals surface area (Å²) in [5, 5.41) is 11.8. The molecule has 0 unspecified atom stereocenters. The maximum absolute atomic E-state index is 13.5. The van der Waals surface area contributed by atoms with Gasteiger partial charge >= 0.3 is 6.09 Å². The van der Waals surface area contributed by atoms with Gasteiger partial charge in [-0.1, -0.05) is 74.8 Å². The van der Waals surface area contributed by atoms with Gasteiger partial charge < -0.3 is 19.2 Å². The van der Waals surface area contributed by atoms with Crippen molar-refractivity contribution in [3.05, 3.63) is 88.4 Å². The Labute approximate surface area is 257 Å². The minimum atomic E-state index is -1.96. The van der Waals surface area contributed by atoms with Crippen LogP contribution < -0.4 is 4.43 Å². The van der Waals surface area contributed by atoms with Crippen LogP contribution in [0.5, 0.6) is 5.75 Å². The molecule has 0 saturated heterocycles. The van der Waals surface area contributed by atoms with Crippen molar-refractivity contribution >= 4 is 26.0 Å². The maximum atomic E-state index is 13.5. The van der Waals surface area contributed by atoms with E-state index in [2.05, 4.69) is 70.3 Å². The Hall–Kier alpha value is -2.80. The highest BCUT2D eigenvalue weighted by Gasteiger charge is 2.39. The van der Waals surface area contributed by atoms with E-state index in [-0.39, 0.29) is 17.6 Å². The SMILES string of the molecule is CC(C)(C)OC(=O)N(C[C@H](O)c1cccc(Cl)c1)[C@H]1CCc2ccc(-c3cccc(O[Si](C)(C)C(C)(C)C)c3)cc2C1. The van der Waals surface area contributed by atoms with E-state index in [1.54, 1.807) is 17.0 Å². The first kappa shape index (κ1) is 32.1. The van der Waals surface area contributed by atoms with E-state index >= 15 is 0 Å². The number of amides is 1. The number of benzene rings is 3. The summed E-state index contributed by atoms with van der Waals surface area (Å²) < 4.78 is 12.4. The van der Waals surface area contributed by atoms with Gasteiger partial charge in [0.15, 0.2) is 0 Å². The highest BCUT2D eigenvalue weighted by Crippen LogP contribution is 2.38. The molecule has 0 aliphatic heterocycles. The van der Waals surface area contributed by atoms with Gasteiger partial charge in [0.25, 0.3) is 0 Å². The average molecular weight is 608 g/mol. The van der Waals surface area contributed by atoms with Crippen LogP contribution in [-0.2, 0) is 17.6 Å². The first-order valence-corrected chi connectivity index (χ1v) is 18.2. The van der Waals surface area contributed by atoms with Crippen molar-refractivity contribution in [3.8, 4) is 16.9 Å². The molecule has 0 bridgehead atoms. The summed E-state index contributed by atoms with van der Waals surface area (Å²) in [6, 6.07) is 22.0. The lowest BCUT2D eigenvalue weighted by Gasteiger charge is -2.37. The zero-order valence-electron chi connectivity index (χ0n) is 26.3. The van der Waals surface area contributed by atoms with Crippen LogP contribution in [0.4, 0.5) is 4.79 Å². The van der Waals surface area contributed by atoms with Gasteiger partial charge in [-0.2, -0.15) is 0 Å². The second-order valence-corrected chi connectivity index (χ2v) is 19.1. The Kier molecular flexibility index (Phi) is 9.51. The molecular weight excluding hydrogens is 562 g/mol. The first-order chi connectivity index (χ1) is 19.5. The van der Waals surface area contributed by atoms with Gasteiger partial charge in [0.1, 0.15) is 11.4 Å². The molecule has 0 fully saturated rings. The van der Waals surface area contributed by atoms with Crippen LogP contribution in [0.1, 0.15) is 70.8 Å². The standard InChI is InChI=1S/C35H46ClNO4Si/c1-34(2,3)40-33(39)37(23-32(38)27-12-9-13-29(36)20-27)30-18-17-24-15-16-26(19-28(24)21-30)25-11-10-14-31(22-25)41-42(7,8)35(4,5)6/h9-16,19-20,22,30,32,38H,17-18,21,23H2,1-8H3/t30-,32-/m0/s1. The molecule has 1 N–H and O–H groups in total. The van der Waals surface area contributed by atoms with Crippen molar-refractivity contribution < 1.29 is 19.1 Å². The summed E-state index contributed by atoms with van der Waals surface area (Å²) in [4.78, 5) is 15.2. The number of carbonyl (C=O) groups is 1. The Morgan fingerprint density at radius 3 is 2.33 bits per heavy atom. The Morgan fingerprint density at radius 2 is 1.67 bits per heavy atom. The van der Waals surface area contributed by atoms with Crippen LogP contribution >= 0.6 is 11.6 Å². The van der Waals surface area contributed by atoms with Gasteiger partial charge in [-0.25, -0.2) is 4.79 Å². The molecule has 1 amide bonds. The van der Waals surface area contributed by atoms with Gasteiger partial charge in [0.2, 0.25) is 8.32 Å². The highest BCUT2D eigenvalue weighted by atomic mass is 35.5. The number of aliphatic hydroxyl groups excluding tert-OH is 1. The molecular formula is C35H46ClNO4Si. The predicted molar refractivity (Wildman–Crippen MR) is 175 cm³/mol. The van der Waals surface area contributed by atoms with Crippen LogP contribution in [0, 0.1) is 0 Å². The van der Waals surface area contributed by atoms with Gasteiger partial charge in [0.05, 0.1) is 12.6 Å². The normalized spacial score (nSPS) is 16.4. The third-order valence-corrected chi connectivity index (χ3v) is 13.0. The topological polar surface area (TPSA) is 59.0 Å². The summed E-state index contributed by atoms with van der Waals surface area (Å²) in [7, 11) is -1.96. The van der Waals surface area contributed by atoms with E-state index in [0.717, 1.165) is 29.7 Å². The molecule has 42 heavy (non-hydrogen) atoms. The monoisotopic (exact) mass is 607 g/mol. The number of rotatable bonds is 7. The van der Waals surface area contributed by atoms with E-state index in [9.17, 15) is 9.90 Å². The summed E-state index contributed by atoms with van der Waals surface area (Å²) >= 11 is 6.18. The highest BCUT2D eigenvalue weighted by molar-refractivity contribution is 6.74. The minimum absolute atomic E-state index is 0.107. The molecule has 3 aromatic carbocycles. The lowest BCUT2D eigenvalue weighted by Crippen LogP contribution is -2.47. The fraction of sp³-hybridized carbons (Fsp3) is 0.457. The molecule has 0 spiro atoms. The molecule has 0 heterocycles. The van der Waals surface area contributed by atoms with Gasteiger partial charge in [-0.05, 0) is 110 Å². The molecule has 0 saturated carbocycles. The van der Waals surface area contributed by atoms with Crippen molar-refractivity contribution in [2.24, 2.45) is 0 Å². The molecule has 0 aromatic heterocycles. The lowest BCUT2D eigenvalue weighted by molar-refractivity contribution is 0.00196. The molecule has 4 rings (SSSR count). The lowest BCUT2D eigenvalue weighted by atomic mass is 9.85. The molecule has 7 heteroatoms. The summed E-state index contributed by atoms with van der Waals surface area (Å²) in [5.74, 6) is 0.904. The van der Waals surface area contributed by atoms with Crippen LogP contribution in [0.15, 0.2) is 66.7 Å². The van der Waals surface area contributed by atoms with E-state index in [4.69, 9.17) is 20.8 Å². The maximum Gasteiger partial charge on any atom is 0.410 e. The van der Waals surface area contributed by atoms with Crippen molar-refractivity contribution in [1.82, 2.24) is 4.90 Å².